The molecule has 2 N–H and O–H groups in total. The number of imidazole rings is 1. The minimum absolute atomic E-state index is 0. The largest absolute Gasteiger partial charge is 0.333 e. The number of rotatable bonds is 3. The Morgan fingerprint density at radius 2 is 1.88 bits per heavy atom. The Morgan fingerprint density at radius 1 is 1.12 bits per heavy atom. The highest BCUT2D eigenvalue weighted by Gasteiger charge is 2.39. The van der Waals surface area contributed by atoms with Crippen LogP contribution < -0.4 is 5.73 Å². The predicted molar refractivity (Wildman–Crippen MR) is 98.3 cm³/mol. The van der Waals surface area contributed by atoms with Crippen LogP contribution in [0.2, 0.25) is 0 Å². The Labute approximate surface area is 154 Å². The molecule has 8 heteroatoms. The molecule has 2 aliphatic rings. The van der Waals surface area contributed by atoms with Gasteiger partial charge in [-0.15, -0.1) is 12.4 Å². The van der Waals surface area contributed by atoms with Gasteiger partial charge in [-0.2, -0.15) is 4.31 Å². The highest BCUT2D eigenvalue weighted by atomic mass is 35.5. The first kappa shape index (κ1) is 18.4. The fourth-order valence-electron chi connectivity index (χ4n) is 3.68. The maximum absolute atomic E-state index is 13.0. The number of aromatic nitrogens is 2. The zero-order valence-corrected chi connectivity index (χ0v) is 15.5. The maximum Gasteiger partial charge on any atom is 0.262 e. The van der Waals surface area contributed by atoms with Crippen molar-refractivity contribution < 1.29 is 8.42 Å². The second-order valence-electron chi connectivity index (χ2n) is 6.65. The van der Waals surface area contributed by atoms with Gasteiger partial charge in [-0.05, 0) is 18.4 Å². The van der Waals surface area contributed by atoms with E-state index in [1.807, 2.05) is 34.9 Å². The molecule has 25 heavy (non-hydrogen) atoms. The lowest BCUT2D eigenvalue weighted by atomic mass is 9.95. The summed E-state index contributed by atoms with van der Waals surface area (Å²) in [6.07, 6.45) is 4.68. The molecule has 1 fully saturated rings. The SMILES string of the molecule is Cl.N[C@@H]1CN(S(=O)(=O)c2cn3c(n2)CCCC3)C[C@H]1c1ccccc1. The van der Waals surface area contributed by atoms with Crippen LogP contribution in [0.4, 0.5) is 0 Å². The van der Waals surface area contributed by atoms with Gasteiger partial charge in [0.15, 0.2) is 5.03 Å². The van der Waals surface area contributed by atoms with Crippen molar-refractivity contribution in [2.45, 2.75) is 42.8 Å². The van der Waals surface area contributed by atoms with Gasteiger partial charge in [-0.3, -0.25) is 0 Å². The molecule has 4 rings (SSSR count). The van der Waals surface area contributed by atoms with E-state index >= 15 is 0 Å². The van der Waals surface area contributed by atoms with Gasteiger partial charge in [0.1, 0.15) is 5.82 Å². The van der Waals surface area contributed by atoms with Crippen molar-refractivity contribution in [2.75, 3.05) is 13.1 Å². The third-order valence-corrected chi connectivity index (χ3v) is 6.75. The monoisotopic (exact) mass is 382 g/mol. The molecule has 2 aromatic rings. The lowest BCUT2D eigenvalue weighted by molar-refractivity contribution is 0.467. The number of hydrogen-bond acceptors (Lipinski definition) is 4. The molecule has 0 saturated carbocycles. The van der Waals surface area contributed by atoms with Crippen molar-refractivity contribution in [1.29, 1.82) is 0 Å². The van der Waals surface area contributed by atoms with Gasteiger partial charge in [-0.25, -0.2) is 13.4 Å². The van der Waals surface area contributed by atoms with Crippen LogP contribution in [0.15, 0.2) is 41.6 Å². The lowest BCUT2D eigenvalue weighted by Gasteiger charge is -2.15. The van der Waals surface area contributed by atoms with Crippen LogP contribution >= 0.6 is 12.4 Å². The average Bonchev–Trinajstić information content (AvgIpc) is 3.20. The molecule has 136 valence electrons. The first-order valence-electron chi connectivity index (χ1n) is 8.42. The lowest BCUT2D eigenvalue weighted by Crippen LogP contribution is -2.32. The number of sulfonamides is 1. The minimum atomic E-state index is -3.59. The summed E-state index contributed by atoms with van der Waals surface area (Å²) in [6, 6.07) is 9.70. The van der Waals surface area contributed by atoms with E-state index in [1.165, 1.54) is 4.31 Å². The number of aryl methyl sites for hydroxylation is 2. The van der Waals surface area contributed by atoms with Gasteiger partial charge in [0.05, 0.1) is 0 Å². The highest BCUT2D eigenvalue weighted by molar-refractivity contribution is 7.89. The van der Waals surface area contributed by atoms with E-state index in [1.54, 1.807) is 6.20 Å². The first-order chi connectivity index (χ1) is 11.6. The summed E-state index contributed by atoms with van der Waals surface area (Å²) in [6.45, 7) is 1.60. The summed E-state index contributed by atoms with van der Waals surface area (Å²) in [7, 11) is -3.59. The fraction of sp³-hybridized carbons (Fsp3) is 0.471. The van der Waals surface area contributed by atoms with Crippen LogP contribution in [0, 0.1) is 0 Å². The third-order valence-electron chi connectivity index (χ3n) is 5.05. The molecular formula is C17H23ClN4O2S. The van der Waals surface area contributed by atoms with E-state index in [2.05, 4.69) is 4.98 Å². The standard InChI is InChI=1S/C17H22N4O2S.ClH/c18-15-11-21(10-14(15)13-6-2-1-3-7-13)24(22,23)17-12-20-9-5-4-8-16(20)19-17;/h1-3,6-7,12,14-15H,4-5,8-11,18H2;1H/t14-,15+;/m0./s1. The number of halogens is 1. The van der Waals surface area contributed by atoms with Gasteiger partial charge >= 0.3 is 0 Å². The predicted octanol–water partition coefficient (Wildman–Crippen LogP) is 1.76. The number of hydrogen-bond donors (Lipinski definition) is 1. The second-order valence-corrected chi connectivity index (χ2v) is 8.53. The van der Waals surface area contributed by atoms with E-state index in [4.69, 9.17) is 5.73 Å². The molecular weight excluding hydrogens is 360 g/mol. The van der Waals surface area contributed by atoms with E-state index in [-0.39, 0.29) is 29.4 Å². The van der Waals surface area contributed by atoms with E-state index in [9.17, 15) is 8.42 Å². The van der Waals surface area contributed by atoms with E-state index in [0.717, 1.165) is 37.2 Å². The molecule has 2 atom stereocenters. The molecule has 1 aromatic heterocycles. The molecule has 1 aromatic carbocycles. The van der Waals surface area contributed by atoms with Gasteiger partial charge in [0, 0.05) is 44.2 Å². The first-order valence-corrected chi connectivity index (χ1v) is 9.86. The van der Waals surface area contributed by atoms with Crippen molar-refractivity contribution in [3.63, 3.8) is 0 Å². The number of benzene rings is 1. The van der Waals surface area contributed by atoms with Gasteiger partial charge < -0.3 is 10.3 Å². The zero-order chi connectivity index (χ0) is 16.7. The quantitative estimate of drug-likeness (QED) is 0.876. The zero-order valence-electron chi connectivity index (χ0n) is 13.9. The van der Waals surface area contributed by atoms with Crippen molar-refractivity contribution >= 4 is 22.4 Å². The smallest absolute Gasteiger partial charge is 0.262 e. The maximum atomic E-state index is 13.0. The van der Waals surface area contributed by atoms with Crippen LogP contribution in [-0.2, 0) is 23.0 Å². The third kappa shape index (κ3) is 3.33. The summed E-state index contributed by atoms with van der Waals surface area (Å²) in [5, 5.41) is 0.167. The highest BCUT2D eigenvalue weighted by Crippen LogP contribution is 2.30. The van der Waals surface area contributed by atoms with Gasteiger partial charge in [-0.1, -0.05) is 30.3 Å². The molecule has 2 aliphatic heterocycles. The van der Waals surface area contributed by atoms with Crippen molar-refractivity contribution in [3.05, 3.63) is 47.9 Å². The normalized spacial score (nSPS) is 23.9. The molecule has 0 amide bonds. The Hall–Kier alpha value is -1.41. The average molecular weight is 383 g/mol. The summed E-state index contributed by atoms with van der Waals surface area (Å²) in [5.74, 6) is 0.904. The van der Waals surface area contributed by atoms with E-state index < -0.39 is 10.0 Å². The molecule has 0 bridgehead atoms. The van der Waals surface area contributed by atoms with Crippen LogP contribution in [0.1, 0.15) is 30.1 Å². The molecule has 3 heterocycles. The van der Waals surface area contributed by atoms with Crippen molar-refractivity contribution in [2.24, 2.45) is 5.73 Å². The minimum Gasteiger partial charge on any atom is -0.333 e. The van der Waals surface area contributed by atoms with Crippen LogP contribution in [0.5, 0.6) is 0 Å². The van der Waals surface area contributed by atoms with Gasteiger partial charge in [0.2, 0.25) is 0 Å². The summed E-state index contributed by atoms with van der Waals surface area (Å²) in [5.41, 5.74) is 7.33. The topological polar surface area (TPSA) is 81.2 Å². The number of nitrogens with zero attached hydrogens (tertiary/aromatic N) is 3. The molecule has 0 unspecified atom stereocenters. The van der Waals surface area contributed by atoms with Crippen LogP contribution in [-0.4, -0.2) is 41.4 Å². The summed E-state index contributed by atoms with van der Waals surface area (Å²) >= 11 is 0. The Morgan fingerprint density at radius 3 is 2.60 bits per heavy atom. The van der Waals surface area contributed by atoms with Gasteiger partial charge in [0.25, 0.3) is 10.0 Å². The van der Waals surface area contributed by atoms with Crippen molar-refractivity contribution in [1.82, 2.24) is 13.9 Å². The molecule has 0 radical (unpaired) electrons. The van der Waals surface area contributed by atoms with E-state index in [0.29, 0.717) is 13.1 Å². The Bertz CT molecular complexity index is 814. The van der Waals surface area contributed by atoms with Crippen molar-refractivity contribution in [3.8, 4) is 0 Å². The Kier molecular flexibility index (Phi) is 5.20. The molecule has 0 spiro atoms. The number of fused-ring (bicyclic) bond motifs is 1. The summed E-state index contributed by atoms with van der Waals surface area (Å²) in [4.78, 5) is 4.38. The fourth-order valence-corrected chi connectivity index (χ4v) is 5.15. The van der Waals surface area contributed by atoms with Crippen LogP contribution in [0.25, 0.3) is 0 Å². The van der Waals surface area contributed by atoms with Crippen LogP contribution in [0.3, 0.4) is 0 Å². The second kappa shape index (κ2) is 7.07. The molecule has 6 nitrogen and oxygen atoms in total. The molecule has 1 saturated heterocycles. The molecule has 0 aliphatic carbocycles. The summed E-state index contributed by atoms with van der Waals surface area (Å²) < 4.78 is 29.4. The Balaban J connectivity index is 0.00000182. The number of nitrogens with two attached hydrogens (primary N) is 1.